The molecule has 1 amide bonds. The Balaban J connectivity index is 1.25. The molecule has 1 saturated carbocycles. The second kappa shape index (κ2) is 14.2. The standard InChI is InChI=1S/C34H41FN6O6S2/c1-6-22-18-29(23-9-16-28(27(35)17-23)41-49(45,46)20-21-7-14-26(15-8-21)48(5,43)44)39-30-19-36-32(40-31(22)30)37-24-10-12-25(13-11-24)38-33(42)47-34(2,3)4/h7-9,14-19,24-25,41H,6,10-13,20H2,1-5H3,(H,38,42)(H,36,37,40). The quantitative estimate of drug-likeness (QED) is 0.178. The molecule has 15 heteroatoms. The van der Waals surface area contributed by atoms with Gasteiger partial charge in [0.15, 0.2) is 9.84 Å². The molecule has 0 spiro atoms. The van der Waals surface area contributed by atoms with Gasteiger partial charge in [0.05, 0.1) is 33.7 Å². The van der Waals surface area contributed by atoms with E-state index in [9.17, 15) is 21.6 Å². The Labute approximate surface area is 286 Å². The molecule has 5 rings (SSSR count). The molecule has 12 nitrogen and oxygen atoms in total. The van der Waals surface area contributed by atoms with E-state index < -0.39 is 43.1 Å². The normalized spacial score (nSPS) is 17.0. The van der Waals surface area contributed by atoms with Gasteiger partial charge in [0, 0.05) is 23.9 Å². The Morgan fingerprint density at radius 3 is 2.24 bits per heavy atom. The van der Waals surface area contributed by atoms with Crippen molar-refractivity contribution in [3.8, 4) is 11.3 Å². The summed E-state index contributed by atoms with van der Waals surface area (Å²) >= 11 is 0. The van der Waals surface area contributed by atoms with Gasteiger partial charge in [-0.2, -0.15) is 0 Å². The number of hydrogen-bond donors (Lipinski definition) is 3. The van der Waals surface area contributed by atoms with Crippen molar-refractivity contribution in [3.63, 3.8) is 0 Å². The van der Waals surface area contributed by atoms with Gasteiger partial charge < -0.3 is 15.4 Å². The predicted molar refractivity (Wildman–Crippen MR) is 187 cm³/mol. The Kier molecular flexibility index (Phi) is 10.4. The number of benzene rings is 2. The molecule has 3 N–H and O–H groups in total. The third-order valence-corrected chi connectivity index (χ3v) is 10.4. The molecule has 0 unspecified atom stereocenters. The number of sulfonamides is 1. The molecule has 1 aliphatic rings. The lowest BCUT2D eigenvalue weighted by molar-refractivity contribution is 0.0492. The number of nitrogens with zero attached hydrogens (tertiary/aromatic N) is 3. The Morgan fingerprint density at radius 1 is 0.959 bits per heavy atom. The van der Waals surface area contributed by atoms with Crippen LogP contribution in [0.15, 0.2) is 59.6 Å². The van der Waals surface area contributed by atoms with Gasteiger partial charge in [-0.05, 0) is 94.3 Å². The molecular formula is C34H41FN6O6S2. The van der Waals surface area contributed by atoms with Crippen LogP contribution in [0.5, 0.6) is 0 Å². The minimum Gasteiger partial charge on any atom is -0.444 e. The summed E-state index contributed by atoms with van der Waals surface area (Å²) in [7, 11) is -7.42. The molecule has 0 bridgehead atoms. The number of halogens is 1. The zero-order chi connectivity index (χ0) is 35.6. The number of fused-ring (bicyclic) bond motifs is 1. The number of alkyl carbamates (subject to hydrolysis) is 1. The van der Waals surface area contributed by atoms with Crippen molar-refractivity contribution in [1.29, 1.82) is 0 Å². The second-order valence-corrected chi connectivity index (χ2v) is 17.0. The van der Waals surface area contributed by atoms with E-state index in [0.717, 1.165) is 37.5 Å². The van der Waals surface area contributed by atoms with Gasteiger partial charge in [-0.3, -0.25) is 4.72 Å². The first-order valence-corrected chi connectivity index (χ1v) is 19.5. The Morgan fingerprint density at radius 2 is 1.63 bits per heavy atom. The topological polar surface area (TPSA) is 169 Å². The number of hydrogen-bond acceptors (Lipinski definition) is 10. The molecule has 0 atom stereocenters. The maximum absolute atomic E-state index is 15.2. The first-order valence-electron chi connectivity index (χ1n) is 16.0. The minimum absolute atomic E-state index is 0.0483. The van der Waals surface area contributed by atoms with Crippen molar-refractivity contribution >= 4 is 48.6 Å². The van der Waals surface area contributed by atoms with Gasteiger partial charge >= 0.3 is 6.09 Å². The van der Waals surface area contributed by atoms with E-state index >= 15 is 4.39 Å². The zero-order valence-electron chi connectivity index (χ0n) is 28.1. The van der Waals surface area contributed by atoms with Crippen LogP contribution in [0.3, 0.4) is 0 Å². The number of sulfone groups is 1. The number of carbonyl (C=O) groups is 1. The van der Waals surface area contributed by atoms with Gasteiger partial charge in [0.2, 0.25) is 16.0 Å². The number of pyridine rings is 1. The van der Waals surface area contributed by atoms with Crippen LogP contribution in [-0.4, -0.2) is 61.8 Å². The molecular weight excluding hydrogens is 672 g/mol. The van der Waals surface area contributed by atoms with E-state index in [-0.39, 0.29) is 22.7 Å². The molecule has 1 fully saturated rings. The van der Waals surface area contributed by atoms with Crippen LogP contribution in [0.4, 0.5) is 20.8 Å². The highest BCUT2D eigenvalue weighted by Gasteiger charge is 2.25. The molecule has 0 saturated heterocycles. The van der Waals surface area contributed by atoms with Crippen molar-refractivity contribution < 1.29 is 30.8 Å². The second-order valence-electron chi connectivity index (χ2n) is 13.3. The first kappa shape index (κ1) is 35.9. The van der Waals surface area contributed by atoms with Gasteiger partial charge in [-0.1, -0.05) is 25.1 Å². The summed E-state index contributed by atoms with van der Waals surface area (Å²) in [6, 6.07) is 11.7. The number of nitrogens with one attached hydrogen (secondary N) is 3. The summed E-state index contributed by atoms with van der Waals surface area (Å²) in [5.74, 6) is -0.761. The van der Waals surface area contributed by atoms with Crippen LogP contribution >= 0.6 is 0 Å². The van der Waals surface area contributed by atoms with E-state index in [0.29, 0.717) is 40.2 Å². The summed E-state index contributed by atoms with van der Waals surface area (Å²) in [5.41, 5.74) is 2.63. The predicted octanol–water partition coefficient (Wildman–Crippen LogP) is 5.99. The van der Waals surface area contributed by atoms with Gasteiger partial charge in [0.25, 0.3) is 0 Å². The zero-order valence-corrected chi connectivity index (χ0v) is 29.7. The fourth-order valence-corrected chi connectivity index (χ4v) is 7.46. The molecule has 262 valence electrons. The monoisotopic (exact) mass is 712 g/mol. The smallest absolute Gasteiger partial charge is 0.407 e. The molecule has 0 aliphatic heterocycles. The highest BCUT2D eigenvalue weighted by atomic mass is 32.2. The van der Waals surface area contributed by atoms with Crippen molar-refractivity contribution in [2.75, 3.05) is 16.3 Å². The number of amides is 1. The molecule has 2 aromatic heterocycles. The largest absolute Gasteiger partial charge is 0.444 e. The molecule has 49 heavy (non-hydrogen) atoms. The van der Waals surface area contributed by atoms with Gasteiger partial charge in [-0.25, -0.2) is 41.0 Å². The number of ether oxygens (including phenoxy) is 1. The molecule has 4 aromatic rings. The summed E-state index contributed by atoms with van der Waals surface area (Å²) in [6.45, 7) is 7.49. The number of rotatable bonds is 10. The van der Waals surface area contributed by atoms with E-state index in [1.54, 1.807) is 12.3 Å². The summed E-state index contributed by atoms with van der Waals surface area (Å²) < 4.78 is 71.8. The Hall–Kier alpha value is -4.37. The van der Waals surface area contributed by atoms with Gasteiger partial charge in [0.1, 0.15) is 16.9 Å². The van der Waals surface area contributed by atoms with Crippen LogP contribution in [0.1, 0.15) is 64.5 Å². The third kappa shape index (κ3) is 9.63. The molecule has 1 aliphatic carbocycles. The van der Waals surface area contributed by atoms with Crippen molar-refractivity contribution in [3.05, 3.63) is 71.7 Å². The lowest BCUT2D eigenvalue weighted by atomic mass is 9.91. The fourth-order valence-electron chi connectivity index (χ4n) is 5.63. The van der Waals surface area contributed by atoms with Crippen LogP contribution in [0.2, 0.25) is 0 Å². The van der Waals surface area contributed by atoms with Crippen LogP contribution in [-0.2, 0) is 36.8 Å². The number of carbonyl (C=O) groups excluding carboxylic acids is 1. The number of aryl methyl sites for hydroxylation is 1. The molecule has 2 heterocycles. The van der Waals surface area contributed by atoms with Crippen molar-refractivity contribution in [2.24, 2.45) is 0 Å². The van der Waals surface area contributed by atoms with E-state index in [4.69, 9.17) is 9.72 Å². The Bertz CT molecular complexity index is 2060. The lowest BCUT2D eigenvalue weighted by Gasteiger charge is -2.30. The fraction of sp³-hybridized carbons (Fsp3) is 0.412. The van der Waals surface area contributed by atoms with E-state index in [1.807, 2.05) is 33.8 Å². The van der Waals surface area contributed by atoms with Crippen molar-refractivity contribution in [1.82, 2.24) is 20.3 Å². The van der Waals surface area contributed by atoms with Crippen LogP contribution in [0, 0.1) is 5.82 Å². The van der Waals surface area contributed by atoms with E-state index in [1.165, 1.54) is 36.4 Å². The molecule has 0 radical (unpaired) electrons. The SMILES string of the molecule is CCc1cc(-c2ccc(NS(=O)(=O)Cc3ccc(S(C)(=O)=O)cc3)c(F)c2)nc2cnc(NC3CCC(NC(=O)OC(C)(C)C)CC3)nc12. The van der Waals surface area contributed by atoms with Gasteiger partial charge in [-0.15, -0.1) is 0 Å². The average Bonchev–Trinajstić information content (AvgIpc) is 3.01. The third-order valence-electron chi connectivity index (χ3n) is 8.03. The van der Waals surface area contributed by atoms with Crippen LogP contribution in [0.25, 0.3) is 22.3 Å². The number of aromatic nitrogens is 3. The summed E-state index contributed by atoms with van der Waals surface area (Å²) in [6.07, 6.45) is 6.18. The maximum Gasteiger partial charge on any atom is 0.407 e. The number of anilines is 2. The highest BCUT2D eigenvalue weighted by Crippen LogP contribution is 2.29. The first-order chi connectivity index (χ1) is 23.0. The highest BCUT2D eigenvalue weighted by molar-refractivity contribution is 7.92. The van der Waals surface area contributed by atoms with E-state index in [2.05, 4.69) is 25.3 Å². The summed E-state index contributed by atoms with van der Waals surface area (Å²) in [4.78, 5) is 26.1. The average molecular weight is 713 g/mol. The minimum atomic E-state index is -4.00. The maximum atomic E-state index is 15.2. The lowest BCUT2D eigenvalue weighted by Crippen LogP contribution is -2.42. The van der Waals surface area contributed by atoms with Crippen molar-refractivity contribution in [2.45, 2.75) is 88.1 Å². The van der Waals surface area contributed by atoms with Crippen LogP contribution < -0.4 is 15.4 Å². The molecule has 2 aromatic carbocycles. The summed E-state index contributed by atoms with van der Waals surface area (Å²) in [5, 5.41) is 6.37.